The van der Waals surface area contributed by atoms with Crippen LogP contribution >= 0.6 is 0 Å². The van der Waals surface area contributed by atoms with Gasteiger partial charge in [-0.05, 0) is 38.1 Å². The number of benzene rings is 2. The minimum absolute atomic E-state index is 0.0902. The first-order valence-corrected chi connectivity index (χ1v) is 12.4. The predicted molar refractivity (Wildman–Crippen MR) is 110 cm³/mol. The number of ketones is 1. The summed E-state index contributed by atoms with van der Waals surface area (Å²) >= 11 is 0. The maximum atomic E-state index is 12.8. The largest absolute Gasteiger partial charge is 0.299 e. The third kappa shape index (κ3) is 5.52. The van der Waals surface area contributed by atoms with E-state index in [1.54, 1.807) is 38.1 Å². The maximum Gasteiger partial charge on any atom is 0.179 e. The van der Waals surface area contributed by atoms with Gasteiger partial charge in [-0.2, -0.15) is 0 Å². The average Bonchev–Trinajstić information content (AvgIpc) is 2.60. The molecule has 0 amide bonds. The molecular formula is C21H26O5S2. The Hall–Kier alpha value is -1.99. The SMILES string of the molecule is Cc1ccc(S(=O)(=O)CC(CS(=O)(=O)c2ccc(C)cc2)C(=O)C(C)C)cc1. The molecule has 2 aromatic rings. The van der Waals surface area contributed by atoms with Crippen molar-refractivity contribution in [1.29, 1.82) is 0 Å². The van der Waals surface area contributed by atoms with Crippen LogP contribution in [0, 0.1) is 25.7 Å². The third-order valence-corrected chi connectivity index (χ3v) is 8.24. The fourth-order valence-electron chi connectivity index (χ4n) is 2.90. The minimum atomic E-state index is -3.80. The van der Waals surface area contributed by atoms with Crippen molar-refractivity contribution in [3.63, 3.8) is 0 Å². The molecule has 0 aliphatic carbocycles. The lowest BCUT2D eigenvalue weighted by atomic mass is 9.98. The van der Waals surface area contributed by atoms with E-state index >= 15 is 0 Å². The molecule has 0 fully saturated rings. The topological polar surface area (TPSA) is 85.3 Å². The van der Waals surface area contributed by atoms with E-state index in [0.717, 1.165) is 11.1 Å². The number of rotatable bonds is 8. The van der Waals surface area contributed by atoms with E-state index < -0.39 is 43.0 Å². The van der Waals surface area contributed by atoms with Crippen LogP contribution in [0.5, 0.6) is 0 Å². The van der Waals surface area contributed by atoms with E-state index in [2.05, 4.69) is 0 Å². The van der Waals surface area contributed by atoms with Crippen LogP contribution in [-0.2, 0) is 24.5 Å². The van der Waals surface area contributed by atoms with E-state index in [1.165, 1.54) is 24.3 Å². The summed E-state index contributed by atoms with van der Waals surface area (Å²) in [5.41, 5.74) is 1.83. The van der Waals surface area contributed by atoms with Crippen LogP contribution in [0.3, 0.4) is 0 Å². The Kier molecular flexibility index (Phi) is 6.83. The summed E-state index contributed by atoms with van der Waals surface area (Å²) in [6.45, 7) is 6.98. The number of sulfone groups is 2. The zero-order chi connectivity index (χ0) is 21.1. The average molecular weight is 423 g/mol. The smallest absolute Gasteiger partial charge is 0.179 e. The number of Topliss-reactive ketones (excluding diaryl/α,β-unsaturated/α-hetero) is 1. The zero-order valence-electron chi connectivity index (χ0n) is 16.5. The Bertz CT molecular complexity index is 955. The fourth-order valence-corrected chi connectivity index (χ4v) is 6.16. The van der Waals surface area contributed by atoms with Gasteiger partial charge in [0.1, 0.15) is 5.78 Å². The van der Waals surface area contributed by atoms with Gasteiger partial charge in [-0.15, -0.1) is 0 Å². The predicted octanol–water partition coefficient (Wildman–Crippen LogP) is 3.39. The lowest BCUT2D eigenvalue weighted by Gasteiger charge is -2.18. The molecule has 0 spiro atoms. The summed E-state index contributed by atoms with van der Waals surface area (Å²) in [6, 6.07) is 12.6. The quantitative estimate of drug-likeness (QED) is 0.651. The Morgan fingerprint density at radius 1 is 0.714 bits per heavy atom. The normalized spacial score (nSPS) is 12.5. The number of carbonyl (C=O) groups excluding carboxylic acids is 1. The van der Waals surface area contributed by atoms with Crippen molar-refractivity contribution >= 4 is 25.5 Å². The summed E-state index contributed by atoms with van der Waals surface area (Å²) in [5.74, 6) is -3.02. The third-order valence-electron chi connectivity index (χ3n) is 4.57. The molecule has 2 aromatic carbocycles. The van der Waals surface area contributed by atoms with Crippen molar-refractivity contribution in [2.24, 2.45) is 11.8 Å². The van der Waals surface area contributed by atoms with Crippen molar-refractivity contribution in [3.05, 3.63) is 59.7 Å². The molecule has 0 aromatic heterocycles. The number of aryl methyl sites for hydroxylation is 2. The van der Waals surface area contributed by atoms with Gasteiger partial charge in [-0.1, -0.05) is 49.2 Å². The molecule has 0 N–H and O–H groups in total. The van der Waals surface area contributed by atoms with Gasteiger partial charge < -0.3 is 0 Å². The Labute approximate surface area is 167 Å². The van der Waals surface area contributed by atoms with Crippen LogP contribution in [0.25, 0.3) is 0 Å². The molecule has 7 heteroatoms. The van der Waals surface area contributed by atoms with Crippen molar-refractivity contribution in [1.82, 2.24) is 0 Å². The van der Waals surface area contributed by atoms with Gasteiger partial charge in [0, 0.05) is 11.8 Å². The first kappa shape index (κ1) is 22.3. The second-order valence-corrected chi connectivity index (χ2v) is 11.5. The van der Waals surface area contributed by atoms with Crippen molar-refractivity contribution in [2.75, 3.05) is 11.5 Å². The van der Waals surface area contributed by atoms with Crippen LogP contribution in [-0.4, -0.2) is 34.1 Å². The molecule has 0 aliphatic heterocycles. The first-order chi connectivity index (χ1) is 12.9. The molecule has 2 rings (SSSR count). The van der Waals surface area contributed by atoms with Crippen LogP contribution in [0.1, 0.15) is 25.0 Å². The molecule has 0 radical (unpaired) electrons. The Morgan fingerprint density at radius 3 is 1.32 bits per heavy atom. The molecule has 0 aliphatic rings. The molecule has 0 bridgehead atoms. The second kappa shape index (κ2) is 8.57. The van der Waals surface area contributed by atoms with E-state index in [4.69, 9.17) is 0 Å². The van der Waals surface area contributed by atoms with Gasteiger partial charge >= 0.3 is 0 Å². The molecule has 5 nitrogen and oxygen atoms in total. The Balaban J connectivity index is 2.36. The molecular weight excluding hydrogens is 396 g/mol. The van der Waals surface area contributed by atoms with E-state index in [0.29, 0.717) is 0 Å². The highest BCUT2D eigenvalue weighted by molar-refractivity contribution is 7.92. The van der Waals surface area contributed by atoms with E-state index in [1.807, 2.05) is 13.8 Å². The fraction of sp³-hybridized carbons (Fsp3) is 0.381. The van der Waals surface area contributed by atoms with Crippen LogP contribution in [0.4, 0.5) is 0 Å². The van der Waals surface area contributed by atoms with Gasteiger partial charge in [-0.3, -0.25) is 4.79 Å². The van der Waals surface area contributed by atoms with Crippen molar-refractivity contribution in [2.45, 2.75) is 37.5 Å². The summed E-state index contributed by atoms with van der Waals surface area (Å²) in [4.78, 5) is 12.8. The van der Waals surface area contributed by atoms with Crippen molar-refractivity contribution < 1.29 is 21.6 Å². The zero-order valence-corrected chi connectivity index (χ0v) is 18.2. The van der Waals surface area contributed by atoms with Gasteiger partial charge in [-0.25, -0.2) is 16.8 Å². The van der Waals surface area contributed by atoms with Gasteiger partial charge in [0.05, 0.1) is 21.3 Å². The monoisotopic (exact) mass is 422 g/mol. The molecule has 152 valence electrons. The Morgan fingerprint density at radius 2 is 1.04 bits per heavy atom. The number of carbonyl (C=O) groups is 1. The van der Waals surface area contributed by atoms with Crippen LogP contribution in [0.15, 0.2) is 58.3 Å². The molecule has 0 atom stereocenters. The van der Waals surface area contributed by atoms with Crippen LogP contribution in [0.2, 0.25) is 0 Å². The number of hydrogen-bond donors (Lipinski definition) is 0. The van der Waals surface area contributed by atoms with Gasteiger partial charge in [0.15, 0.2) is 19.7 Å². The maximum absolute atomic E-state index is 12.8. The minimum Gasteiger partial charge on any atom is -0.299 e. The molecule has 0 saturated heterocycles. The summed E-state index contributed by atoms with van der Waals surface area (Å²) in [5, 5.41) is 0. The van der Waals surface area contributed by atoms with E-state index in [9.17, 15) is 21.6 Å². The summed E-state index contributed by atoms with van der Waals surface area (Å²) < 4.78 is 51.2. The molecule has 28 heavy (non-hydrogen) atoms. The summed E-state index contributed by atoms with van der Waals surface area (Å²) in [7, 11) is -7.60. The number of hydrogen-bond acceptors (Lipinski definition) is 5. The molecule has 0 heterocycles. The highest BCUT2D eigenvalue weighted by Crippen LogP contribution is 2.22. The molecule has 0 unspecified atom stereocenters. The van der Waals surface area contributed by atoms with Gasteiger partial charge in [0.25, 0.3) is 0 Å². The van der Waals surface area contributed by atoms with E-state index in [-0.39, 0.29) is 15.6 Å². The first-order valence-electron chi connectivity index (χ1n) is 9.05. The second-order valence-electron chi connectivity index (χ2n) is 7.44. The highest BCUT2D eigenvalue weighted by atomic mass is 32.2. The highest BCUT2D eigenvalue weighted by Gasteiger charge is 2.33. The lowest BCUT2D eigenvalue weighted by molar-refractivity contribution is -0.124. The summed E-state index contributed by atoms with van der Waals surface area (Å²) in [6.07, 6.45) is 0. The molecule has 0 saturated carbocycles. The van der Waals surface area contributed by atoms with Crippen LogP contribution < -0.4 is 0 Å². The van der Waals surface area contributed by atoms with Crippen molar-refractivity contribution in [3.8, 4) is 0 Å². The van der Waals surface area contributed by atoms with Gasteiger partial charge in [0.2, 0.25) is 0 Å². The lowest BCUT2D eigenvalue weighted by Crippen LogP contribution is -2.33. The standard InChI is InChI=1S/C21H26O5S2/c1-15(2)21(22)18(13-27(23,24)19-9-5-16(3)6-10-19)14-28(25,26)20-11-7-17(4)8-12-20/h5-12,15,18H,13-14H2,1-4H3.